The highest BCUT2D eigenvalue weighted by molar-refractivity contribution is 5.96. The molecule has 0 bridgehead atoms. The number of hydrogen-bond donors (Lipinski definition) is 10. The summed E-state index contributed by atoms with van der Waals surface area (Å²) in [6.07, 6.45) is -6.48. The number of hydrogen-bond acceptors (Lipinski definition) is 17. The smallest absolute Gasteiger partial charge is 0.407 e. The molecule has 0 radical (unpaired) electrons. The molecule has 25 nitrogen and oxygen atoms in total. The number of aromatic nitrogens is 2. The van der Waals surface area contributed by atoms with Crippen LogP contribution in [-0.2, 0) is 77.7 Å². The number of nitrogens with one attached hydrogen (secondary N) is 6. The van der Waals surface area contributed by atoms with Crippen LogP contribution in [0.15, 0.2) is 65.5 Å². The minimum absolute atomic E-state index is 0.0297. The van der Waals surface area contributed by atoms with Crippen molar-refractivity contribution in [3.05, 3.63) is 121 Å². The van der Waals surface area contributed by atoms with Crippen molar-refractivity contribution in [2.75, 3.05) is 26.5 Å². The van der Waals surface area contributed by atoms with E-state index in [-0.39, 0.29) is 69.0 Å². The van der Waals surface area contributed by atoms with E-state index in [4.69, 9.17) is 29.7 Å². The van der Waals surface area contributed by atoms with Crippen molar-refractivity contribution in [2.24, 2.45) is 11.7 Å². The number of amides is 7. The zero-order valence-corrected chi connectivity index (χ0v) is 49.0. The van der Waals surface area contributed by atoms with E-state index in [0.29, 0.717) is 57.4 Å². The fourth-order valence-corrected chi connectivity index (χ4v) is 12.5. The molecule has 3 aromatic carbocycles. The van der Waals surface area contributed by atoms with Crippen LogP contribution in [0.25, 0.3) is 33.4 Å². The van der Waals surface area contributed by atoms with Crippen molar-refractivity contribution in [3.63, 3.8) is 0 Å². The first-order chi connectivity index (χ1) is 42.0. The van der Waals surface area contributed by atoms with Gasteiger partial charge in [-0.15, -0.1) is 0 Å². The van der Waals surface area contributed by atoms with E-state index in [9.17, 15) is 58.5 Å². The highest BCUT2D eigenvalue weighted by atomic mass is 19.1. The molecular formula is C62H70FN9O16. The molecule has 11 N–H and O–H groups in total. The number of carbonyl (C=O) groups is 8. The highest BCUT2D eigenvalue weighted by Gasteiger charge is 2.47. The zero-order chi connectivity index (χ0) is 63.0. The second-order valence-corrected chi connectivity index (χ2v) is 23.2. The van der Waals surface area contributed by atoms with E-state index in [1.807, 2.05) is 48.5 Å². The van der Waals surface area contributed by atoms with Crippen LogP contribution in [0.1, 0.15) is 116 Å². The third-order valence-corrected chi connectivity index (χ3v) is 17.3. The van der Waals surface area contributed by atoms with Gasteiger partial charge >= 0.3 is 12.1 Å². The Kier molecular flexibility index (Phi) is 18.1. The average Bonchev–Trinajstić information content (AvgIpc) is 1.52. The van der Waals surface area contributed by atoms with Crippen molar-refractivity contribution < 1.29 is 77.0 Å². The van der Waals surface area contributed by atoms with Crippen molar-refractivity contribution >= 4 is 58.4 Å². The Morgan fingerprint density at radius 1 is 0.875 bits per heavy atom. The Bertz CT molecular complexity index is 3680. The van der Waals surface area contributed by atoms with Crippen LogP contribution in [0, 0.1) is 18.7 Å². The Morgan fingerprint density at radius 3 is 2.25 bits per heavy atom. The number of halogens is 1. The van der Waals surface area contributed by atoms with Crippen LogP contribution in [0.4, 0.5) is 9.18 Å². The molecule has 5 aliphatic rings. The number of primary amides is 1. The molecule has 0 saturated carbocycles. The number of alkyl carbamates (subject to hydrolysis) is 1. The molecule has 26 heteroatoms. The van der Waals surface area contributed by atoms with Gasteiger partial charge in [0.2, 0.25) is 35.4 Å². The third-order valence-electron chi connectivity index (χ3n) is 17.3. The SMILES string of the molecule is CC[C@@]1(O)C(=O)OCc2c1cc1n(c2=O)Cc2c-1nc1cc(F)c(C)c3c1c2[C@@H](NC(=O)COCNC(=O)[C@H](C)NC(=O)[C@@H](NC(=O)[C@H](CCC(=O)NC[C@H]1O[C@@H](CC(N)=O)[C@H](O)[C@@H]1O)NC(=O)OCC1c2ccccc2-c2ccccc21)C(C)C)CC3. The highest BCUT2D eigenvalue weighted by Crippen LogP contribution is 2.47. The number of aryl methyl sites for hydroxylation is 1. The number of rotatable bonds is 22. The van der Waals surface area contributed by atoms with Crippen molar-refractivity contribution in [1.82, 2.24) is 41.5 Å². The number of nitrogens with two attached hydrogens (primary N) is 1. The Labute approximate surface area is 503 Å². The van der Waals surface area contributed by atoms with Gasteiger partial charge in [-0.3, -0.25) is 33.6 Å². The molecule has 7 amide bonds. The van der Waals surface area contributed by atoms with Crippen molar-refractivity contribution in [2.45, 2.75) is 146 Å². The lowest BCUT2D eigenvalue weighted by molar-refractivity contribution is -0.172. The monoisotopic (exact) mass is 1220 g/mol. The van der Waals surface area contributed by atoms with Crippen LogP contribution < -0.4 is 43.2 Å². The van der Waals surface area contributed by atoms with E-state index >= 15 is 4.39 Å². The number of esters is 1. The molecule has 2 aliphatic carbocycles. The topological polar surface area (TPSA) is 367 Å². The minimum Gasteiger partial charge on any atom is -0.458 e. The van der Waals surface area contributed by atoms with E-state index < -0.39 is 132 Å². The first kappa shape index (κ1) is 62.4. The Morgan fingerprint density at radius 2 is 1.57 bits per heavy atom. The predicted octanol–water partition coefficient (Wildman–Crippen LogP) is 1.53. The zero-order valence-electron chi connectivity index (χ0n) is 49.0. The number of aliphatic hydroxyl groups excluding tert-OH is 2. The van der Waals surface area contributed by atoms with Crippen LogP contribution in [0.3, 0.4) is 0 Å². The van der Waals surface area contributed by atoms with Gasteiger partial charge in [-0.2, -0.15) is 0 Å². The molecule has 5 heterocycles. The molecule has 0 unspecified atom stereocenters. The molecule has 9 atom stereocenters. The Hall–Kier alpha value is -8.69. The van der Waals surface area contributed by atoms with Gasteiger partial charge in [-0.05, 0) is 90.5 Å². The number of ether oxygens (including phenoxy) is 4. The largest absolute Gasteiger partial charge is 0.458 e. The fraction of sp³-hybridized carbons (Fsp3) is 0.452. The normalized spacial score (nSPS) is 21.3. The molecule has 10 rings (SSSR count). The number of aliphatic hydroxyl groups is 3. The average molecular weight is 1220 g/mol. The molecule has 5 aromatic rings. The van der Waals surface area contributed by atoms with Gasteiger partial charge in [-0.1, -0.05) is 69.3 Å². The summed E-state index contributed by atoms with van der Waals surface area (Å²) in [6, 6.07) is 13.6. The van der Waals surface area contributed by atoms with Gasteiger partial charge in [-0.25, -0.2) is 19.0 Å². The maximum absolute atomic E-state index is 15.5. The minimum atomic E-state index is -2.07. The molecule has 466 valence electrons. The molecule has 0 spiro atoms. The summed E-state index contributed by atoms with van der Waals surface area (Å²) in [7, 11) is 0. The number of nitrogens with zero attached hydrogens (tertiary/aromatic N) is 2. The van der Waals surface area contributed by atoms with Crippen LogP contribution >= 0.6 is 0 Å². The summed E-state index contributed by atoms with van der Waals surface area (Å²) < 4.78 is 39.0. The molecule has 3 aliphatic heterocycles. The van der Waals surface area contributed by atoms with Gasteiger partial charge in [0.15, 0.2) is 5.60 Å². The summed E-state index contributed by atoms with van der Waals surface area (Å²) in [5.74, 6) is -6.63. The van der Waals surface area contributed by atoms with Gasteiger partial charge in [0.05, 0.1) is 47.6 Å². The van der Waals surface area contributed by atoms with E-state index in [2.05, 4.69) is 31.9 Å². The van der Waals surface area contributed by atoms with Gasteiger partial charge in [0.1, 0.15) is 68.8 Å². The Balaban J connectivity index is 0.752. The number of carbonyl (C=O) groups excluding carboxylic acids is 8. The standard InChI is InChI=1S/C62H70FN9O16/c1-6-62(84)39-19-44-53-36(23-72(44)59(81)38(39)25-86-60(62)82)51-41(16-15-31-29(4)40(63)20-43(69-53)50(31)51)68-49(75)26-85-27-66-56(78)30(5)67-58(80)52(28(2)3)71-57(79)42(17-18-48(74)65-22-46-55(77)54(76)45(88-46)21-47(64)73)70-61(83)87-24-37-34-13-9-7-11-32(34)33-12-8-10-14-35(33)37/h7-14,19-20,28,30,37,41-42,45-46,52,54-55,76-77,84H,6,15-18,21-27H2,1-5H3,(H2,64,73)(H,65,74)(H,66,78)(H,67,80)(H,68,75)(H,70,83)(H,71,79)/t30-,41-,42-,45-,46+,52-,54-,55+,62-/m0/s1. The fourth-order valence-electron chi connectivity index (χ4n) is 12.5. The van der Waals surface area contributed by atoms with Gasteiger partial charge in [0, 0.05) is 41.5 Å². The number of cyclic esters (lactones) is 1. The van der Waals surface area contributed by atoms with Crippen LogP contribution in [0.2, 0.25) is 0 Å². The molecule has 2 aromatic heterocycles. The quantitative estimate of drug-likeness (QED) is 0.0262. The summed E-state index contributed by atoms with van der Waals surface area (Å²) >= 11 is 0. The summed E-state index contributed by atoms with van der Waals surface area (Å²) in [5, 5.41) is 48.7. The number of pyridine rings is 2. The summed E-state index contributed by atoms with van der Waals surface area (Å²) in [5.41, 5.74) is 10.1. The van der Waals surface area contributed by atoms with Gasteiger partial charge in [0.25, 0.3) is 5.56 Å². The molecule has 88 heavy (non-hydrogen) atoms. The van der Waals surface area contributed by atoms with Gasteiger partial charge < -0.3 is 76.5 Å². The van der Waals surface area contributed by atoms with Crippen molar-refractivity contribution in [1.29, 1.82) is 0 Å². The van der Waals surface area contributed by atoms with Crippen LogP contribution in [-0.4, -0.2) is 141 Å². The maximum Gasteiger partial charge on any atom is 0.407 e. The third kappa shape index (κ3) is 12.2. The molecule has 1 saturated heterocycles. The second-order valence-electron chi connectivity index (χ2n) is 23.2. The lowest BCUT2D eigenvalue weighted by atomic mass is 9.81. The first-order valence-corrected chi connectivity index (χ1v) is 29.2. The van der Waals surface area contributed by atoms with E-state index in [1.54, 1.807) is 33.8 Å². The van der Waals surface area contributed by atoms with Crippen molar-refractivity contribution in [3.8, 4) is 22.5 Å². The summed E-state index contributed by atoms with van der Waals surface area (Å²) in [4.78, 5) is 125. The maximum atomic E-state index is 15.5. The first-order valence-electron chi connectivity index (χ1n) is 29.2. The number of benzene rings is 3. The second kappa shape index (κ2) is 25.6. The molecule has 1 fully saturated rings. The van der Waals surface area contributed by atoms with E-state index in [0.717, 1.165) is 22.3 Å². The lowest BCUT2D eigenvalue weighted by Gasteiger charge is -2.31. The lowest BCUT2D eigenvalue weighted by Crippen LogP contribution is -2.58. The predicted molar refractivity (Wildman–Crippen MR) is 310 cm³/mol. The summed E-state index contributed by atoms with van der Waals surface area (Å²) in [6.45, 7) is 6.21. The van der Waals surface area contributed by atoms with Crippen LogP contribution in [0.5, 0.6) is 0 Å². The molecular weight excluding hydrogens is 1150 g/mol. The number of fused-ring (bicyclic) bond motifs is 8. The van der Waals surface area contributed by atoms with E-state index in [1.165, 1.54) is 17.6 Å².